The van der Waals surface area contributed by atoms with Gasteiger partial charge in [-0.1, -0.05) is 25.6 Å². The maximum atomic E-state index is 12.0. The van der Waals surface area contributed by atoms with Crippen LogP contribution in [0.5, 0.6) is 0 Å². The number of amides is 1. The van der Waals surface area contributed by atoms with E-state index in [0.717, 1.165) is 0 Å². The number of nitrogens with zero attached hydrogens (tertiary/aromatic N) is 3. The number of carbonyl (C=O) groups excluding carboxylic acids is 1. The lowest BCUT2D eigenvalue weighted by molar-refractivity contribution is -0.120. The normalized spacial score (nSPS) is 13.5. The van der Waals surface area contributed by atoms with Gasteiger partial charge in [-0.3, -0.25) is 9.59 Å². The van der Waals surface area contributed by atoms with Crippen LogP contribution in [-0.2, 0) is 11.3 Å². The second-order valence-electron chi connectivity index (χ2n) is 5.14. The van der Waals surface area contributed by atoms with Gasteiger partial charge in [0.2, 0.25) is 5.91 Å². The molecule has 0 radical (unpaired) electrons. The van der Waals surface area contributed by atoms with Crippen LogP contribution >= 0.6 is 11.8 Å². The van der Waals surface area contributed by atoms with Crippen LogP contribution in [0.4, 0.5) is 0 Å². The van der Waals surface area contributed by atoms with Crippen LogP contribution in [0.25, 0.3) is 0 Å². The second-order valence-corrected chi connectivity index (χ2v) is 6.08. The Hall–Kier alpha value is -1.81. The molecule has 7 heteroatoms. The van der Waals surface area contributed by atoms with Crippen LogP contribution in [0.1, 0.15) is 27.7 Å². The zero-order valence-electron chi connectivity index (χ0n) is 12.7. The lowest BCUT2D eigenvalue weighted by atomic mass is 9.90. The fourth-order valence-corrected chi connectivity index (χ4v) is 2.37. The number of nitriles is 1. The SMILES string of the molecule is CCn1ccc(=O)nc1SCC(=O)NC(C)(C#N)C(C)C. The molecule has 0 fully saturated rings. The van der Waals surface area contributed by atoms with Gasteiger partial charge in [-0.25, -0.2) is 0 Å². The highest BCUT2D eigenvalue weighted by atomic mass is 32.2. The molecule has 0 saturated heterocycles. The summed E-state index contributed by atoms with van der Waals surface area (Å²) in [7, 11) is 0. The molecule has 1 aromatic heterocycles. The molecule has 0 aliphatic carbocycles. The Bertz CT molecular complexity index is 606. The van der Waals surface area contributed by atoms with E-state index in [2.05, 4.69) is 16.4 Å². The predicted octanol–water partition coefficient (Wildman–Crippen LogP) is 1.41. The first-order valence-corrected chi connectivity index (χ1v) is 7.73. The monoisotopic (exact) mass is 308 g/mol. The van der Waals surface area contributed by atoms with Gasteiger partial charge < -0.3 is 9.88 Å². The van der Waals surface area contributed by atoms with E-state index in [0.29, 0.717) is 11.7 Å². The summed E-state index contributed by atoms with van der Waals surface area (Å²) in [6.45, 7) is 8.05. The smallest absolute Gasteiger partial charge is 0.273 e. The van der Waals surface area contributed by atoms with Crippen molar-refractivity contribution in [1.82, 2.24) is 14.9 Å². The van der Waals surface area contributed by atoms with E-state index in [1.165, 1.54) is 17.8 Å². The van der Waals surface area contributed by atoms with Crippen LogP contribution in [0.2, 0.25) is 0 Å². The largest absolute Gasteiger partial charge is 0.337 e. The van der Waals surface area contributed by atoms with E-state index in [-0.39, 0.29) is 23.1 Å². The zero-order valence-corrected chi connectivity index (χ0v) is 13.5. The van der Waals surface area contributed by atoms with Crippen LogP contribution in [-0.4, -0.2) is 26.8 Å². The summed E-state index contributed by atoms with van der Waals surface area (Å²) < 4.78 is 1.80. The predicted molar refractivity (Wildman–Crippen MR) is 81.9 cm³/mol. The fraction of sp³-hybridized carbons (Fsp3) is 0.571. The highest BCUT2D eigenvalue weighted by Crippen LogP contribution is 2.17. The molecule has 6 nitrogen and oxygen atoms in total. The van der Waals surface area contributed by atoms with Gasteiger partial charge in [0, 0.05) is 18.8 Å². The number of hydrogen-bond donors (Lipinski definition) is 1. The van der Waals surface area contributed by atoms with E-state index in [1.54, 1.807) is 17.7 Å². The van der Waals surface area contributed by atoms with Gasteiger partial charge in [0.25, 0.3) is 5.56 Å². The highest BCUT2D eigenvalue weighted by Gasteiger charge is 2.29. The summed E-state index contributed by atoms with van der Waals surface area (Å²) in [4.78, 5) is 27.2. The first-order valence-electron chi connectivity index (χ1n) is 6.75. The summed E-state index contributed by atoms with van der Waals surface area (Å²) in [5, 5.41) is 12.4. The van der Waals surface area contributed by atoms with E-state index in [4.69, 9.17) is 0 Å². The number of aromatic nitrogens is 2. The van der Waals surface area contributed by atoms with Crippen molar-refractivity contribution < 1.29 is 4.79 Å². The summed E-state index contributed by atoms with van der Waals surface area (Å²) in [5.74, 6) is -0.140. The number of nitrogens with one attached hydrogen (secondary N) is 1. The van der Waals surface area contributed by atoms with Gasteiger partial charge in [-0.2, -0.15) is 10.2 Å². The Kier molecular flexibility index (Phi) is 5.97. The molecule has 0 aliphatic rings. The third-order valence-corrected chi connectivity index (χ3v) is 4.30. The Morgan fingerprint density at radius 2 is 2.29 bits per heavy atom. The Balaban J connectivity index is 2.72. The van der Waals surface area contributed by atoms with E-state index >= 15 is 0 Å². The zero-order chi connectivity index (χ0) is 16.0. The standard InChI is InChI=1S/C14H20N4O2S/c1-5-18-7-6-11(19)16-13(18)21-8-12(20)17-14(4,9-15)10(2)3/h6-7,10H,5,8H2,1-4H3,(H,17,20). The lowest BCUT2D eigenvalue weighted by Crippen LogP contribution is -2.49. The van der Waals surface area contributed by atoms with Crippen LogP contribution < -0.4 is 10.9 Å². The van der Waals surface area contributed by atoms with E-state index in [9.17, 15) is 14.9 Å². The highest BCUT2D eigenvalue weighted by molar-refractivity contribution is 7.99. The molecule has 0 saturated carbocycles. The molecule has 1 N–H and O–H groups in total. The first kappa shape index (κ1) is 17.2. The van der Waals surface area contributed by atoms with Crippen LogP contribution in [0.3, 0.4) is 0 Å². The van der Waals surface area contributed by atoms with Crippen molar-refractivity contribution in [2.45, 2.75) is 44.9 Å². The molecule has 1 heterocycles. The average Bonchev–Trinajstić information content (AvgIpc) is 2.44. The van der Waals surface area contributed by atoms with Gasteiger partial charge in [0.1, 0.15) is 5.54 Å². The van der Waals surface area contributed by atoms with E-state index in [1.807, 2.05) is 20.8 Å². The number of aryl methyl sites for hydroxylation is 1. The van der Waals surface area contributed by atoms with E-state index < -0.39 is 5.54 Å². The molecule has 1 amide bonds. The molecule has 0 aromatic carbocycles. The van der Waals surface area contributed by atoms with Crippen LogP contribution in [0.15, 0.2) is 22.2 Å². The fourth-order valence-electron chi connectivity index (χ4n) is 1.53. The molecule has 114 valence electrons. The second kappa shape index (κ2) is 7.27. The van der Waals surface area contributed by atoms with Gasteiger partial charge in [0.15, 0.2) is 5.16 Å². The molecule has 21 heavy (non-hydrogen) atoms. The molecule has 0 bridgehead atoms. The Morgan fingerprint density at radius 3 is 2.81 bits per heavy atom. The number of carbonyl (C=O) groups is 1. The van der Waals surface area contributed by atoms with Crippen molar-refractivity contribution in [2.75, 3.05) is 5.75 Å². The summed E-state index contributed by atoms with van der Waals surface area (Å²) in [6.07, 6.45) is 1.66. The maximum Gasteiger partial charge on any atom is 0.273 e. The summed E-state index contributed by atoms with van der Waals surface area (Å²) >= 11 is 1.19. The van der Waals surface area contributed by atoms with Crippen LogP contribution in [0, 0.1) is 17.2 Å². The molecule has 1 unspecified atom stereocenters. The van der Waals surface area contributed by atoms with Gasteiger partial charge in [-0.05, 0) is 19.8 Å². The van der Waals surface area contributed by atoms with Gasteiger partial charge in [0.05, 0.1) is 11.8 Å². The summed E-state index contributed by atoms with van der Waals surface area (Å²) in [6, 6.07) is 3.51. The molecule has 1 rings (SSSR count). The van der Waals surface area contributed by atoms with Gasteiger partial charge >= 0.3 is 0 Å². The average molecular weight is 308 g/mol. The number of hydrogen-bond acceptors (Lipinski definition) is 5. The topological polar surface area (TPSA) is 87.8 Å². The number of rotatable bonds is 6. The van der Waals surface area contributed by atoms with Gasteiger partial charge in [-0.15, -0.1) is 0 Å². The molecular formula is C14H20N4O2S. The molecule has 1 atom stereocenters. The minimum atomic E-state index is -0.897. The third-order valence-electron chi connectivity index (χ3n) is 3.31. The molecular weight excluding hydrogens is 288 g/mol. The van der Waals surface area contributed by atoms with Crippen molar-refractivity contribution in [3.8, 4) is 6.07 Å². The number of thioether (sulfide) groups is 1. The maximum absolute atomic E-state index is 12.0. The third kappa shape index (κ3) is 4.60. The summed E-state index contributed by atoms with van der Waals surface area (Å²) in [5.41, 5.74) is -1.22. The lowest BCUT2D eigenvalue weighted by Gasteiger charge is -2.27. The van der Waals surface area contributed by atoms with Crippen molar-refractivity contribution in [1.29, 1.82) is 5.26 Å². The van der Waals surface area contributed by atoms with Crippen molar-refractivity contribution >= 4 is 17.7 Å². The Morgan fingerprint density at radius 1 is 1.62 bits per heavy atom. The molecule has 0 aliphatic heterocycles. The van der Waals surface area contributed by atoms with Crippen molar-refractivity contribution in [3.63, 3.8) is 0 Å². The molecule has 1 aromatic rings. The molecule has 0 spiro atoms. The minimum absolute atomic E-state index is 0.000113. The minimum Gasteiger partial charge on any atom is -0.337 e. The van der Waals surface area contributed by atoms with Crippen molar-refractivity contribution in [2.24, 2.45) is 5.92 Å². The quantitative estimate of drug-likeness (QED) is 0.634. The first-order chi connectivity index (χ1) is 9.82. The van der Waals surface area contributed by atoms with Crippen molar-refractivity contribution in [3.05, 3.63) is 22.6 Å². The Labute approximate surface area is 128 Å².